The fourth-order valence-corrected chi connectivity index (χ4v) is 3.68. The first-order valence-electron chi connectivity index (χ1n) is 6.22. The zero-order valence-electron chi connectivity index (χ0n) is 9.61. The highest BCUT2D eigenvalue weighted by Gasteiger charge is 2.55. The summed E-state index contributed by atoms with van der Waals surface area (Å²) in [6.45, 7) is 4.55. The summed E-state index contributed by atoms with van der Waals surface area (Å²) >= 11 is 0. The third kappa shape index (κ3) is 1.44. The van der Waals surface area contributed by atoms with Crippen molar-refractivity contribution in [1.29, 1.82) is 0 Å². The summed E-state index contributed by atoms with van der Waals surface area (Å²) in [6, 6.07) is 0.478. The van der Waals surface area contributed by atoms with E-state index in [0.29, 0.717) is 11.5 Å². The predicted molar refractivity (Wildman–Crippen MR) is 59.6 cm³/mol. The highest BCUT2D eigenvalue weighted by Crippen LogP contribution is 2.53. The van der Waals surface area contributed by atoms with Gasteiger partial charge in [0.25, 0.3) is 0 Å². The zero-order valence-corrected chi connectivity index (χ0v) is 9.61. The average Bonchev–Trinajstić information content (AvgIpc) is 2.47. The summed E-state index contributed by atoms with van der Waals surface area (Å²) in [5.74, 6) is 1.73. The molecule has 0 aromatic heterocycles. The summed E-state index contributed by atoms with van der Waals surface area (Å²) in [5, 5.41) is 0. The first-order valence-corrected chi connectivity index (χ1v) is 6.22. The molecule has 3 heteroatoms. The molecule has 1 aliphatic carbocycles. The fourth-order valence-electron chi connectivity index (χ4n) is 3.68. The van der Waals surface area contributed by atoms with Crippen molar-refractivity contribution in [2.75, 3.05) is 33.4 Å². The van der Waals surface area contributed by atoms with Gasteiger partial charge in [-0.2, -0.15) is 0 Å². The molecule has 0 spiro atoms. The Labute approximate surface area is 91.9 Å². The Hall–Kier alpha value is -0.120. The molecule has 2 saturated heterocycles. The number of hydrogen-bond donors (Lipinski definition) is 1. The lowest BCUT2D eigenvalue weighted by Gasteiger charge is -2.56. The first kappa shape index (κ1) is 10.1. The highest BCUT2D eigenvalue weighted by atomic mass is 16.5. The number of hydrogen-bond acceptors (Lipinski definition) is 3. The van der Waals surface area contributed by atoms with Gasteiger partial charge in [-0.25, -0.2) is 0 Å². The number of rotatable bonds is 2. The Kier molecular flexibility index (Phi) is 2.31. The van der Waals surface area contributed by atoms with Gasteiger partial charge in [-0.05, 0) is 44.7 Å². The number of nitrogens with two attached hydrogens (primary N) is 1. The Morgan fingerprint density at radius 3 is 2.40 bits per heavy atom. The van der Waals surface area contributed by atoms with Crippen LogP contribution in [-0.2, 0) is 4.74 Å². The Bertz CT molecular complexity index is 246. The molecule has 0 bridgehead atoms. The van der Waals surface area contributed by atoms with Crippen molar-refractivity contribution in [1.82, 2.24) is 4.90 Å². The second-order valence-corrected chi connectivity index (χ2v) is 5.90. The number of ether oxygens (including phenoxy) is 1. The lowest BCUT2D eigenvalue weighted by atomic mass is 9.56. The summed E-state index contributed by atoms with van der Waals surface area (Å²) in [6.07, 6.45) is 3.85. The van der Waals surface area contributed by atoms with Gasteiger partial charge in [0.1, 0.15) is 0 Å². The van der Waals surface area contributed by atoms with Gasteiger partial charge in [-0.3, -0.25) is 0 Å². The van der Waals surface area contributed by atoms with E-state index in [1.165, 1.54) is 32.4 Å². The van der Waals surface area contributed by atoms with Crippen LogP contribution in [0.15, 0.2) is 0 Å². The largest absolute Gasteiger partial charge is 0.380 e. The van der Waals surface area contributed by atoms with Gasteiger partial charge in [0.05, 0.1) is 13.2 Å². The number of likely N-dealkylation sites (tertiary alicyclic amines) is 1. The molecule has 86 valence electrons. The van der Waals surface area contributed by atoms with Crippen molar-refractivity contribution in [2.45, 2.75) is 25.3 Å². The Morgan fingerprint density at radius 2 is 2.00 bits per heavy atom. The molecule has 0 aromatic carbocycles. The summed E-state index contributed by atoms with van der Waals surface area (Å²) < 4.78 is 5.52. The molecule has 2 heterocycles. The molecule has 3 aliphatic rings. The van der Waals surface area contributed by atoms with Crippen molar-refractivity contribution in [3.05, 3.63) is 0 Å². The molecule has 2 N–H and O–H groups in total. The van der Waals surface area contributed by atoms with Crippen molar-refractivity contribution in [2.24, 2.45) is 23.0 Å². The average molecular weight is 210 g/mol. The van der Waals surface area contributed by atoms with Gasteiger partial charge < -0.3 is 15.4 Å². The van der Waals surface area contributed by atoms with Crippen LogP contribution in [0.4, 0.5) is 0 Å². The third-order valence-corrected chi connectivity index (χ3v) is 4.93. The Morgan fingerprint density at radius 1 is 1.27 bits per heavy atom. The maximum atomic E-state index is 5.92. The van der Waals surface area contributed by atoms with Crippen LogP contribution in [0.25, 0.3) is 0 Å². The van der Waals surface area contributed by atoms with Gasteiger partial charge in [-0.15, -0.1) is 0 Å². The van der Waals surface area contributed by atoms with E-state index in [0.717, 1.165) is 25.0 Å². The molecule has 3 fully saturated rings. The lowest BCUT2D eigenvalue weighted by molar-refractivity contribution is -0.193. The van der Waals surface area contributed by atoms with Crippen LogP contribution in [0.1, 0.15) is 19.3 Å². The van der Waals surface area contributed by atoms with Crippen LogP contribution in [0.3, 0.4) is 0 Å². The third-order valence-electron chi connectivity index (χ3n) is 4.93. The van der Waals surface area contributed by atoms with E-state index in [2.05, 4.69) is 11.9 Å². The predicted octanol–water partition coefficient (Wildman–Crippen LogP) is 0.692. The molecule has 1 unspecified atom stereocenters. The van der Waals surface area contributed by atoms with Gasteiger partial charge in [-0.1, -0.05) is 0 Å². The smallest absolute Gasteiger partial charge is 0.0550 e. The van der Waals surface area contributed by atoms with E-state index in [-0.39, 0.29) is 0 Å². The van der Waals surface area contributed by atoms with Crippen molar-refractivity contribution in [3.63, 3.8) is 0 Å². The van der Waals surface area contributed by atoms with Gasteiger partial charge in [0.15, 0.2) is 0 Å². The summed E-state index contributed by atoms with van der Waals surface area (Å²) in [4.78, 5) is 2.46. The van der Waals surface area contributed by atoms with Crippen LogP contribution in [-0.4, -0.2) is 44.3 Å². The molecule has 1 saturated carbocycles. The van der Waals surface area contributed by atoms with Crippen LogP contribution >= 0.6 is 0 Å². The van der Waals surface area contributed by atoms with E-state index in [1.807, 2.05) is 0 Å². The molecule has 1 atom stereocenters. The highest BCUT2D eigenvalue weighted by molar-refractivity contribution is 5.04. The van der Waals surface area contributed by atoms with Crippen molar-refractivity contribution < 1.29 is 4.74 Å². The van der Waals surface area contributed by atoms with Gasteiger partial charge >= 0.3 is 0 Å². The van der Waals surface area contributed by atoms with Crippen molar-refractivity contribution >= 4 is 0 Å². The standard InChI is InChI=1S/C12H22N2O/c1-14-3-2-9(6-14)12(7-15-8-12)10-4-11(13)5-10/h9-11H,2-8,13H2,1H3. The van der Waals surface area contributed by atoms with E-state index in [1.54, 1.807) is 0 Å². The van der Waals surface area contributed by atoms with E-state index in [9.17, 15) is 0 Å². The van der Waals surface area contributed by atoms with Gasteiger partial charge in [0.2, 0.25) is 0 Å². The Balaban J connectivity index is 1.70. The first-order chi connectivity index (χ1) is 7.21. The topological polar surface area (TPSA) is 38.5 Å². The van der Waals surface area contributed by atoms with Crippen molar-refractivity contribution in [3.8, 4) is 0 Å². The van der Waals surface area contributed by atoms with Crippen LogP contribution in [0.2, 0.25) is 0 Å². The minimum atomic E-state index is 0.478. The maximum Gasteiger partial charge on any atom is 0.0550 e. The monoisotopic (exact) mass is 210 g/mol. The molecule has 0 radical (unpaired) electrons. The second kappa shape index (κ2) is 3.44. The quantitative estimate of drug-likeness (QED) is 0.729. The molecule has 3 nitrogen and oxygen atoms in total. The molecule has 3 rings (SSSR count). The van der Waals surface area contributed by atoms with Crippen LogP contribution < -0.4 is 5.73 Å². The maximum absolute atomic E-state index is 5.92. The molecular weight excluding hydrogens is 188 g/mol. The van der Waals surface area contributed by atoms with E-state index >= 15 is 0 Å². The lowest BCUT2D eigenvalue weighted by Crippen LogP contribution is -2.59. The minimum Gasteiger partial charge on any atom is -0.380 e. The molecule has 0 amide bonds. The number of nitrogens with zero attached hydrogens (tertiary/aromatic N) is 1. The molecular formula is C12H22N2O. The molecule has 15 heavy (non-hydrogen) atoms. The SMILES string of the molecule is CN1CCC(C2(C3CC(N)C3)COC2)C1. The molecule has 2 aliphatic heterocycles. The minimum absolute atomic E-state index is 0.478. The fraction of sp³-hybridized carbons (Fsp3) is 1.00. The van der Waals surface area contributed by atoms with E-state index in [4.69, 9.17) is 10.5 Å². The van der Waals surface area contributed by atoms with Crippen LogP contribution in [0, 0.1) is 17.3 Å². The van der Waals surface area contributed by atoms with Crippen LogP contribution in [0.5, 0.6) is 0 Å². The normalized spacial score (nSPS) is 44.8. The molecule has 0 aromatic rings. The zero-order chi connectivity index (χ0) is 10.5. The summed E-state index contributed by atoms with van der Waals surface area (Å²) in [5.41, 5.74) is 6.43. The van der Waals surface area contributed by atoms with E-state index < -0.39 is 0 Å². The second-order valence-electron chi connectivity index (χ2n) is 5.90. The van der Waals surface area contributed by atoms with Gasteiger partial charge in [0, 0.05) is 18.0 Å². The summed E-state index contributed by atoms with van der Waals surface area (Å²) in [7, 11) is 2.24.